The van der Waals surface area contributed by atoms with Gasteiger partial charge in [0, 0.05) is 17.8 Å². The van der Waals surface area contributed by atoms with Crippen LogP contribution in [0.15, 0.2) is 30.7 Å². The zero-order valence-electron chi connectivity index (χ0n) is 8.99. The first-order chi connectivity index (χ1) is 8.20. The average molecular weight is 231 g/mol. The van der Waals surface area contributed by atoms with Gasteiger partial charge < -0.3 is 9.84 Å². The Morgan fingerprint density at radius 1 is 1.29 bits per heavy atom. The molecule has 0 aliphatic rings. The maximum absolute atomic E-state index is 11.3. The molecule has 6 nitrogen and oxygen atoms in total. The van der Waals surface area contributed by atoms with E-state index in [1.807, 2.05) is 0 Å². The predicted octanol–water partition coefficient (Wildman–Crippen LogP) is 1.03. The number of pyridine rings is 1. The highest BCUT2D eigenvalue weighted by molar-refractivity contribution is 5.87. The Morgan fingerprint density at radius 2 is 2.12 bits per heavy atom. The number of ether oxygens (including phenoxy) is 1. The van der Waals surface area contributed by atoms with Crippen molar-refractivity contribution in [3.63, 3.8) is 0 Å². The van der Waals surface area contributed by atoms with Gasteiger partial charge in [0.15, 0.2) is 5.69 Å². The number of aromatic hydroxyl groups is 1. The second kappa shape index (κ2) is 4.56. The lowest BCUT2D eigenvalue weighted by atomic mass is 10.2. The fraction of sp³-hybridized carbons (Fsp3) is 0.0909. The Hall–Kier alpha value is -2.50. The van der Waals surface area contributed by atoms with E-state index in [-0.39, 0.29) is 11.6 Å². The molecule has 1 N–H and O–H groups in total. The highest BCUT2D eigenvalue weighted by Gasteiger charge is 2.09. The van der Waals surface area contributed by atoms with Crippen LogP contribution in [0, 0.1) is 0 Å². The number of nitrogens with zero attached hydrogens (tertiary/aromatic N) is 3. The van der Waals surface area contributed by atoms with Crippen LogP contribution >= 0.6 is 0 Å². The molecule has 0 radical (unpaired) electrons. The SMILES string of the molecule is COC(=O)c1cncc(-c2ccc(O)nc2)n1. The molecule has 0 saturated carbocycles. The fourth-order valence-electron chi connectivity index (χ4n) is 1.25. The lowest BCUT2D eigenvalue weighted by Gasteiger charge is -2.02. The first kappa shape index (κ1) is 11.0. The lowest BCUT2D eigenvalue weighted by Crippen LogP contribution is -2.05. The van der Waals surface area contributed by atoms with Crippen molar-refractivity contribution in [2.75, 3.05) is 7.11 Å². The van der Waals surface area contributed by atoms with E-state index in [1.54, 1.807) is 6.07 Å². The van der Waals surface area contributed by atoms with Crippen molar-refractivity contribution < 1.29 is 14.6 Å². The molecule has 0 fully saturated rings. The molecule has 0 saturated heterocycles. The van der Waals surface area contributed by atoms with Gasteiger partial charge in [-0.15, -0.1) is 0 Å². The molecule has 0 aliphatic carbocycles. The van der Waals surface area contributed by atoms with Crippen molar-refractivity contribution in [2.24, 2.45) is 0 Å². The van der Waals surface area contributed by atoms with Crippen LogP contribution in [-0.4, -0.2) is 33.1 Å². The third-order valence-corrected chi connectivity index (χ3v) is 2.07. The number of rotatable bonds is 2. The molecule has 2 heterocycles. The molecule has 0 bridgehead atoms. The van der Waals surface area contributed by atoms with Gasteiger partial charge in [-0.2, -0.15) is 0 Å². The summed E-state index contributed by atoms with van der Waals surface area (Å²) in [7, 11) is 1.28. The summed E-state index contributed by atoms with van der Waals surface area (Å²) in [6, 6.07) is 3.06. The molecule has 2 aromatic rings. The van der Waals surface area contributed by atoms with E-state index in [0.717, 1.165) is 0 Å². The summed E-state index contributed by atoms with van der Waals surface area (Å²) in [6.07, 6.45) is 4.27. The van der Waals surface area contributed by atoms with E-state index in [4.69, 9.17) is 5.11 Å². The van der Waals surface area contributed by atoms with Gasteiger partial charge in [-0.3, -0.25) is 4.98 Å². The normalized spacial score (nSPS) is 9.94. The van der Waals surface area contributed by atoms with Crippen molar-refractivity contribution in [3.8, 4) is 17.1 Å². The summed E-state index contributed by atoms with van der Waals surface area (Å²) in [4.78, 5) is 23.0. The van der Waals surface area contributed by atoms with Crippen LogP contribution in [-0.2, 0) is 4.74 Å². The minimum Gasteiger partial charge on any atom is -0.493 e. The van der Waals surface area contributed by atoms with Gasteiger partial charge >= 0.3 is 5.97 Å². The van der Waals surface area contributed by atoms with Crippen molar-refractivity contribution in [2.45, 2.75) is 0 Å². The Labute approximate surface area is 96.9 Å². The molecule has 0 spiro atoms. The highest BCUT2D eigenvalue weighted by atomic mass is 16.5. The average Bonchev–Trinajstić information content (AvgIpc) is 2.39. The quantitative estimate of drug-likeness (QED) is 0.777. The zero-order chi connectivity index (χ0) is 12.3. The third kappa shape index (κ3) is 2.36. The minimum absolute atomic E-state index is 0.0779. The lowest BCUT2D eigenvalue weighted by molar-refractivity contribution is 0.0593. The first-order valence-electron chi connectivity index (χ1n) is 4.76. The Kier molecular flexibility index (Phi) is 2.95. The molecular formula is C11H9N3O3. The number of methoxy groups -OCH3 is 1. The molecule has 0 aliphatic heterocycles. The Morgan fingerprint density at radius 3 is 2.76 bits per heavy atom. The minimum atomic E-state index is -0.550. The second-order valence-electron chi connectivity index (χ2n) is 3.19. The summed E-state index contributed by atoms with van der Waals surface area (Å²) in [5, 5.41) is 9.06. The number of hydrogen-bond acceptors (Lipinski definition) is 6. The molecule has 0 unspecified atom stereocenters. The molecule has 17 heavy (non-hydrogen) atoms. The van der Waals surface area contributed by atoms with Gasteiger partial charge in [-0.1, -0.05) is 0 Å². The summed E-state index contributed by atoms with van der Waals surface area (Å²) >= 11 is 0. The van der Waals surface area contributed by atoms with Gasteiger partial charge in [-0.25, -0.2) is 14.8 Å². The van der Waals surface area contributed by atoms with E-state index in [0.29, 0.717) is 11.3 Å². The monoisotopic (exact) mass is 231 g/mol. The van der Waals surface area contributed by atoms with Crippen LogP contribution in [0.4, 0.5) is 0 Å². The van der Waals surface area contributed by atoms with E-state index < -0.39 is 5.97 Å². The van der Waals surface area contributed by atoms with Gasteiger partial charge in [0.05, 0.1) is 25.2 Å². The van der Waals surface area contributed by atoms with Crippen LogP contribution in [0.2, 0.25) is 0 Å². The van der Waals surface area contributed by atoms with Gasteiger partial charge in [0.1, 0.15) is 0 Å². The van der Waals surface area contributed by atoms with Crippen LogP contribution in [0.5, 0.6) is 5.88 Å². The molecular weight excluding hydrogens is 222 g/mol. The first-order valence-corrected chi connectivity index (χ1v) is 4.76. The summed E-state index contributed by atoms with van der Waals surface area (Å²) in [6.45, 7) is 0. The summed E-state index contributed by atoms with van der Waals surface area (Å²) < 4.78 is 4.55. The van der Waals surface area contributed by atoms with E-state index in [9.17, 15) is 4.79 Å². The smallest absolute Gasteiger partial charge is 0.358 e. The maximum Gasteiger partial charge on any atom is 0.358 e. The molecule has 86 valence electrons. The van der Waals surface area contributed by atoms with Gasteiger partial charge in [-0.05, 0) is 6.07 Å². The van der Waals surface area contributed by atoms with E-state index in [2.05, 4.69) is 19.7 Å². The number of carbonyl (C=O) groups excluding carboxylic acids is 1. The number of esters is 1. The largest absolute Gasteiger partial charge is 0.493 e. The molecule has 0 amide bonds. The standard InChI is InChI=1S/C11H9N3O3/c1-17-11(16)9-6-12-5-8(14-9)7-2-3-10(15)13-4-7/h2-6H,1H3,(H,13,15). The number of carbonyl (C=O) groups is 1. The maximum atomic E-state index is 11.3. The van der Waals surface area contributed by atoms with Crippen LogP contribution < -0.4 is 0 Å². The molecule has 2 aromatic heterocycles. The van der Waals surface area contributed by atoms with Crippen molar-refractivity contribution >= 4 is 5.97 Å². The molecule has 2 rings (SSSR count). The van der Waals surface area contributed by atoms with Crippen molar-refractivity contribution in [1.82, 2.24) is 15.0 Å². The van der Waals surface area contributed by atoms with E-state index in [1.165, 1.54) is 31.8 Å². The van der Waals surface area contributed by atoms with Crippen LogP contribution in [0.3, 0.4) is 0 Å². The predicted molar refractivity (Wildman–Crippen MR) is 58.3 cm³/mol. The van der Waals surface area contributed by atoms with Crippen LogP contribution in [0.25, 0.3) is 11.3 Å². The van der Waals surface area contributed by atoms with Crippen molar-refractivity contribution in [1.29, 1.82) is 0 Å². The third-order valence-electron chi connectivity index (χ3n) is 2.07. The molecule has 6 heteroatoms. The van der Waals surface area contributed by atoms with Gasteiger partial charge in [0.25, 0.3) is 0 Å². The topological polar surface area (TPSA) is 85.2 Å². The number of aromatic nitrogens is 3. The highest BCUT2D eigenvalue weighted by Crippen LogP contribution is 2.17. The molecule has 0 aromatic carbocycles. The fourth-order valence-corrected chi connectivity index (χ4v) is 1.25. The van der Waals surface area contributed by atoms with Crippen molar-refractivity contribution in [3.05, 3.63) is 36.4 Å². The van der Waals surface area contributed by atoms with Crippen LogP contribution in [0.1, 0.15) is 10.5 Å². The summed E-state index contributed by atoms with van der Waals surface area (Å²) in [5.74, 6) is -0.628. The Balaban J connectivity index is 2.39. The molecule has 0 atom stereocenters. The summed E-state index contributed by atoms with van der Waals surface area (Å²) in [5.41, 5.74) is 1.26. The Bertz CT molecular complexity index is 540. The second-order valence-corrected chi connectivity index (χ2v) is 3.19. The zero-order valence-corrected chi connectivity index (χ0v) is 8.99. The van der Waals surface area contributed by atoms with E-state index >= 15 is 0 Å². The van der Waals surface area contributed by atoms with Gasteiger partial charge in [0.2, 0.25) is 5.88 Å². The number of hydrogen-bond donors (Lipinski definition) is 1.